The number of aromatic nitrogens is 2. The number of amides is 1. The number of carbonyl (C=O) groups is 1. The number of nitrogens with one attached hydrogen (secondary N) is 1. The van der Waals surface area contributed by atoms with Gasteiger partial charge in [0.1, 0.15) is 17.2 Å². The second-order valence-corrected chi connectivity index (χ2v) is 8.29. The van der Waals surface area contributed by atoms with Crippen LogP contribution in [0.2, 0.25) is 0 Å². The molecule has 8 heteroatoms. The number of ether oxygens (including phenoxy) is 2. The van der Waals surface area contributed by atoms with Crippen LogP contribution in [0.1, 0.15) is 5.69 Å². The van der Waals surface area contributed by atoms with E-state index in [1.165, 1.54) is 0 Å². The first-order valence-corrected chi connectivity index (χ1v) is 11.4. The highest BCUT2D eigenvalue weighted by atomic mass is 32.1. The molecule has 7 nitrogen and oxygen atoms in total. The Morgan fingerprint density at radius 3 is 2.91 bits per heavy atom. The number of nitrogens with zero attached hydrogens (tertiary/aromatic N) is 3. The molecule has 0 spiro atoms. The molecule has 5 rings (SSSR count). The molecule has 0 radical (unpaired) electrons. The second-order valence-electron chi connectivity index (χ2n) is 7.46. The highest BCUT2D eigenvalue weighted by Crippen LogP contribution is 2.33. The molecule has 0 bridgehead atoms. The monoisotopic (exact) mass is 458 g/mol. The van der Waals surface area contributed by atoms with Crippen LogP contribution in [0.15, 0.2) is 77.2 Å². The average Bonchev–Trinajstić information content (AvgIpc) is 3.25. The molecule has 0 fully saturated rings. The molecule has 0 saturated heterocycles. The molecule has 4 aromatic rings. The van der Waals surface area contributed by atoms with Gasteiger partial charge in [-0.15, -0.1) is 11.3 Å². The summed E-state index contributed by atoms with van der Waals surface area (Å²) < 4.78 is 13.2. The number of carbonyl (C=O) groups excluding carboxylic acids is 1. The molecular formula is C25H22N4O3S. The van der Waals surface area contributed by atoms with Crippen molar-refractivity contribution in [3.63, 3.8) is 0 Å². The number of anilines is 1. The van der Waals surface area contributed by atoms with E-state index in [-0.39, 0.29) is 12.5 Å². The Kier molecular flexibility index (Phi) is 5.91. The second kappa shape index (κ2) is 9.30. The maximum atomic E-state index is 11.8. The van der Waals surface area contributed by atoms with Gasteiger partial charge < -0.3 is 19.4 Å². The Morgan fingerprint density at radius 2 is 2.06 bits per heavy atom. The van der Waals surface area contributed by atoms with Gasteiger partial charge in [0.05, 0.1) is 18.5 Å². The molecular weight excluding hydrogens is 436 g/mol. The van der Waals surface area contributed by atoms with Gasteiger partial charge in [-0.25, -0.2) is 4.99 Å². The lowest BCUT2D eigenvalue weighted by atomic mass is 10.1. The zero-order chi connectivity index (χ0) is 22.6. The number of thiazole rings is 1. The summed E-state index contributed by atoms with van der Waals surface area (Å²) in [6, 6.07) is 19.5. The van der Waals surface area contributed by atoms with Crippen LogP contribution < -0.4 is 19.6 Å². The first-order valence-electron chi connectivity index (χ1n) is 10.5. The molecule has 0 atom stereocenters. The van der Waals surface area contributed by atoms with Gasteiger partial charge in [0, 0.05) is 35.8 Å². The van der Waals surface area contributed by atoms with E-state index in [1.807, 2.05) is 60.7 Å². The van der Waals surface area contributed by atoms with Crippen molar-refractivity contribution in [2.24, 2.45) is 4.99 Å². The van der Waals surface area contributed by atoms with Crippen LogP contribution >= 0.6 is 11.3 Å². The number of pyridine rings is 1. The summed E-state index contributed by atoms with van der Waals surface area (Å²) in [5, 5.41) is 4.97. The Labute approximate surface area is 195 Å². The number of fused-ring (bicyclic) bond motifs is 1. The van der Waals surface area contributed by atoms with E-state index < -0.39 is 0 Å². The number of aryl methyl sites for hydroxylation is 1. The maximum Gasteiger partial charge on any atom is 0.262 e. The number of hydrogen-bond donors (Lipinski definition) is 1. The van der Waals surface area contributed by atoms with Crippen molar-refractivity contribution < 1.29 is 14.3 Å². The summed E-state index contributed by atoms with van der Waals surface area (Å²) in [5.74, 6) is 1.24. The SMILES string of the molecule is COc1ccccc1N=c1scc(-c2ccc3c(c2)NC(=O)CO3)n1CCc1ccccn1. The molecule has 0 aliphatic carbocycles. The minimum atomic E-state index is -0.153. The van der Waals surface area contributed by atoms with E-state index in [2.05, 4.69) is 20.2 Å². The van der Waals surface area contributed by atoms with Gasteiger partial charge in [-0.1, -0.05) is 18.2 Å². The van der Waals surface area contributed by atoms with Crippen molar-refractivity contribution in [2.45, 2.75) is 13.0 Å². The van der Waals surface area contributed by atoms with Crippen molar-refractivity contribution in [3.05, 3.63) is 82.7 Å². The van der Waals surface area contributed by atoms with Crippen molar-refractivity contribution in [3.8, 4) is 22.8 Å². The Hall–Kier alpha value is -3.91. The lowest BCUT2D eigenvalue weighted by molar-refractivity contribution is -0.118. The quantitative estimate of drug-likeness (QED) is 0.464. The largest absolute Gasteiger partial charge is 0.494 e. The highest BCUT2D eigenvalue weighted by molar-refractivity contribution is 7.07. The van der Waals surface area contributed by atoms with Crippen LogP contribution in [0.4, 0.5) is 11.4 Å². The third kappa shape index (κ3) is 4.51. The first-order chi connectivity index (χ1) is 16.2. The molecule has 0 unspecified atom stereocenters. The highest BCUT2D eigenvalue weighted by Gasteiger charge is 2.18. The van der Waals surface area contributed by atoms with Gasteiger partial charge >= 0.3 is 0 Å². The lowest BCUT2D eigenvalue weighted by Gasteiger charge is -2.19. The third-order valence-corrected chi connectivity index (χ3v) is 6.19. The predicted molar refractivity (Wildman–Crippen MR) is 128 cm³/mol. The zero-order valence-corrected chi connectivity index (χ0v) is 18.8. The Balaban J connectivity index is 1.59. The topological polar surface area (TPSA) is 77.7 Å². The molecule has 3 heterocycles. The van der Waals surface area contributed by atoms with Crippen LogP contribution in [0.5, 0.6) is 11.5 Å². The third-order valence-electron chi connectivity index (χ3n) is 5.32. The van der Waals surface area contributed by atoms with Gasteiger partial charge in [-0.3, -0.25) is 9.78 Å². The van der Waals surface area contributed by atoms with E-state index in [0.29, 0.717) is 18.0 Å². The number of para-hydroxylation sites is 2. The number of benzene rings is 2. The van der Waals surface area contributed by atoms with Gasteiger partial charge in [-0.05, 0) is 42.5 Å². The lowest BCUT2D eigenvalue weighted by Crippen LogP contribution is -2.25. The minimum absolute atomic E-state index is 0.0385. The minimum Gasteiger partial charge on any atom is -0.494 e. The van der Waals surface area contributed by atoms with Gasteiger partial charge in [-0.2, -0.15) is 0 Å². The van der Waals surface area contributed by atoms with Crippen LogP contribution in [-0.4, -0.2) is 29.2 Å². The zero-order valence-electron chi connectivity index (χ0n) is 18.0. The van der Waals surface area contributed by atoms with Gasteiger partial charge in [0.2, 0.25) is 0 Å². The van der Waals surface area contributed by atoms with E-state index in [9.17, 15) is 4.79 Å². The standard InChI is InChI=1S/C25H22N4O3S/c1-31-22-8-3-2-7-19(22)28-25-29(13-11-18-6-4-5-12-26-18)21(16-33-25)17-9-10-23-20(14-17)27-24(30)15-32-23/h2-10,12,14,16H,11,13,15H2,1H3,(H,27,30). The molecule has 166 valence electrons. The number of hydrogen-bond acceptors (Lipinski definition) is 6. The summed E-state index contributed by atoms with van der Waals surface area (Å²) in [4.78, 5) is 22.0. The fraction of sp³-hybridized carbons (Fsp3) is 0.160. The van der Waals surface area contributed by atoms with Crippen molar-refractivity contribution in [1.82, 2.24) is 9.55 Å². The Morgan fingerprint density at radius 1 is 1.18 bits per heavy atom. The summed E-state index contributed by atoms with van der Waals surface area (Å²) in [5.41, 5.74) is 4.43. The van der Waals surface area contributed by atoms with Crippen LogP contribution in [0, 0.1) is 0 Å². The fourth-order valence-electron chi connectivity index (χ4n) is 3.71. The predicted octanol–water partition coefficient (Wildman–Crippen LogP) is 4.43. The van der Waals surface area contributed by atoms with Crippen molar-refractivity contribution >= 4 is 28.6 Å². The number of methoxy groups -OCH3 is 1. The normalized spacial score (nSPS) is 13.2. The molecule has 0 saturated carbocycles. The molecule has 1 N–H and O–H groups in total. The average molecular weight is 459 g/mol. The smallest absolute Gasteiger partial charge is 0.262 e. The Bertz CT molecular complexity index is 1360. The molecule has 2 aromatic heterocycles. The maximum absolute atomic E-state index is 11.8. The van der Waals surface area contributed by atoms with E-state index in [0.717, 1.165) is 39.6 Å². The summed E-state index contributed by atoms with van der Waals surface area (Å²) in [6.45, 7) is 0.737. The number of rotatable bonds is 6. The van der Waals surface area contributed by atoms with E-state index in [4.69, 9.17) is 14.5 Å². The van der Waals surface area contributed by atoms with Gasteiger partial charge in [0.25, 0.3) is 5.91 Å². The molecule has 33 heavy (non-hydrogen) atoms. The summed E-state index contributed by atoms with van der Waals surface area (Å²) in [7, 11) is 1.65. The summed E-state index contributed by atoms with van der Waals surface area (Å²) >= 11 is 1.56. The van der Waals surface area contributed by atoms with E-state index in [1.54, 1.807) is 24.6 Å². The fourth-order valence-corrected chi connectivity index (χ4v) is 4.65. The van der Waals surface area contributed by atoms with Gasteiger partial charge in [0.15, 0.2) is 11.4 Å². The van der Waals surface area contributed by atoms with Crippen LogP contribution in [0.3, 0.4) is 0 Å². The molecule has 1 aliphatic heterocycles. The van der Waals surface area contributed by atoms with Crippen LogP contribution in [0.25, 0.3) is 11.3 Å². The van der Waals surface area contributed by atoms with E-state index >= 15 is 0 Å². The molecule has 1 amide bonds. The summed E-state index contributed by atoms with van der Waals surface area (Å²) in [6.07, 6.45) is 2.56. The first kappa shape index (κ1) is 21.0. The molecule has 1 aliphatic rings. The van der Waals surface area contributed by atoms with Crippen LogP contribution in [-0.2, 0) is 17.8 Å². The molecule has 2 aromatic carbocycles. The van der Waals surface area contributed by atoms with Crippen molar-refractivity contribution in [2.75, 3.05) is 19.0 Å². The van der Waals surface area contributed by atoms with Crippen molar-refractivity contribution in [1.29, 1.82) is 0 Å².